The van der Waals surface area contributed by atoms with E-state index in [0.29, 0.717) is 0 Å². The first-order chi connectivity index (χ1) is 1.00. The van der Waals surface area contributed by atoms with Gasteiger partial charge in [0.2, 0.25) is 0 Å². The standard InChI is InChI=1S/Ba.Ca.Mg.Nb.O.Ta.6H. The molecule has 0 unspecified atom stereocenters. The molecule has 0 aliphatic carbocycles. The van der Waals surface area contributed by atoms with Crippen LogP contribution in [0.2, 0.25) is 0 Å². The van der Waals surface area contributed by atoms with Crippen LogP contribution in [0.1, 0.15) is 0 Å². The molecule has 0 saturated heterocycles. The molecule has 0 amide bonds. The van der Waals surface area contributed by atoms with Crippen molar-refractivity contribution in [2.75, 3.05) is 0 Å². The summed E-state index contributed by atoms with van der Waals surface area (Å²) in [5, 5.41) is 0. The summed E-state index contributed by atoms with van der Waals surface area (Å²) >= 11 is 0.194. The first-order valence-electron chi connectivity index (χ1n) is 0.183. The molecule has 0 bridgehead atoms. The van der Waals surface area contributed by atoms with Gasteiger partial charge in [-0.15, -0.1) is 0 Å². The molecule has 0 aromatic heterocycles. The summed E-state index contributed by atoms with van der Waals surface area (Å²) in [6.45, 7) is 0. The Morgan fingerprint density at radius 3 is 1.17 bits per heavy atom. The van der Waals surface area contributed by atoms with Crippen molar-refractivity contribution in [3.05, 3.63) is 0 Å². The van der Waals surface area contributed by atoms with Crippen LogP contribution in [0.5, 0.6) is 0 Å². The second-order valence-electron chi connectivity index (χ2n) is 0. The van der Waals surface area contributed by atoms with Gasteiger partial charge in [0.15, 0.2) is 0 Å². The normalized spacial score (nSPS) is 0.500. The summed E-state index contributed by atoms with van der Waals surface area (Å²) in [4.78, 5) is 0. The van der Waals surface area contributed by atoms with E-state index in [2.05, 4.69) is 0 Å². The van der Waals surface area contributed by atoms with Crippen LogP contribution in [-0.2, 0) is 46.7 Å². The first-order valence-corrected chi connectivity index (χ1v) is 1.49. The number of rotatable bonds is 0. The van der Waals surface area contributed by atoms with Crippen LogP contribution in [0.25, 0.3) is 0 Å². The quantitative estimate of drug-likeness (QED) is 0.329. The van der Waals surface area contributed by atoms with Gasteiger partial charge in [-0.1, -0.05) is 0 Å². The minimum absolute atomic E-state index is 0. The summed E-state index contributed by atoms with van der Waals surface area (Å²) in [5.74, 6) is 0. The van der Waals surface area contributed by atoms with Gasteiger partial charge in [-0.3, -0.25) is 0 Å². The van der Waals surface area contributed by atoms with E-state index in [0.717, 1.165) is 0 Å². The third kappa shape index (κ3) is 23.2. The second kappa shape index (κ2) is 32.7. The fourth-order valence-corrected chi connectivity index (χ4v) is 0. The molecule has 0 aliphatic rings. The maximum atomic E-state index is 8.36. The Labute approximate surface area is 152 Å². The Balaban J connectivity index is -0.000000000833. The molecule has 1 radical (unpaired) electrons. The molecule has 0 spiro atoms. The van der Waals surface area contributed by atoms with E-state index in [4.69, 9.17) is 3.25 Å². The van der Waals surface area contributed by atoms with E-state index in [1.165, 1.54) is 0 Å². The third-order valence-corrected chi connectivity index (χ3v) is 0. The zero-order chi connectivity index (χ0) is 2.00. The molecule has 0 atom stereocenters. The van der Waals surface area contributed by atoms with Crippen molar-refractivity contribution in [3.8, 4) is 0 Å². The van der Waals surface area contributed by atoms with Crippen molar-refractivity contribution >= 4 is 110 Å². The molecule has 0 aromatic rings. The van der Waals surface area contributed by atoms with Gasteiger partial charge in [0, 0.05) is 22.4 Å². The SMILES string of the molecule is [BaH2].[CaH2].[MgH2].[Nb].[O]=[Ta]. The van der Waals surface area contributed by atoms with Crippen molar-refractivity contribution in [1.82, 2.24) is 0 Å². The van der Waals surface area contributed by atoms with E-state index >= 15 is 0 Å². The molecule has 6 heteroatoms. The monoisotopic (exact) mass is 498 g/mol. The molecular formula is H6BaCaMgNbOTa. The molecule has 0 aromatic carbocycles. The van der Waals surface area contributed by atoms with E-state index in [-0.39, 0.29) is 153 Å². The van der Waals surface area contributed by atoms with Crippen LogP contribution in [0.4, 0.5) is 0 Å². The molecule has 0 N–H and O–H groups in total. The zero-order valence-electron chi connectivity index (χ0n) is 1.30. The van der Waals surface area contributed by atoms with E-state index in [1.807, 2.05) is 0 Å². The molecule has 0 heterocycles. The zero-order valence-corrected chi connectivity index (χ0v) is 6.71. The van der Waals surface area contributed by atoms with Crippen LogP contribution in [-0.4, -0.2) is 110 Å². The van der Waals surface area contributed by atoms with Crippen LogP contribution in [0.15, 0.2) is 0 Å². The fraction of sp³-hybridized carbons (Fsp3) is 0. The average Bonchev–Trinajstić information content (AvgIpc) is 1.00. The predicted octanol–water partition coefficient (Wildman–Crippen LogP) is -2.87. The van der Waals surface area contributed by atoms with Crippen LogP contribution >= 0.6 is 0 Å². The van der Waals surface area contributed by atoms with Crippen molar-refractivity contribution in [3.63, 3.8) is 0 Å². The minimum atomic E-state index is 0. The van der Waals surface area contributed by atoms with Gasteiger partial charge in [-0.05, 0) is 0 Å². The van der Waals surface area contributed by atoms with Crippen molar-refractivity contribution in [1.29, 1.82) is 0 Å². The van der Waals surface area contributed by atoms with Crippen molar-refractivity contribution < 1.29 is 46.7 Å². The Kier molecular flexibility index (Phi) is 168. The fourth-order valence-electron chi connectivity index (χ4n) is 0. The topological polar surface area (TPSA) is 17.1 Å². The molecule has 0 aliphatic heterocycles. The average molecular weight is 498 g/mol. The molecule has 1 nitrogen and oxygen atoms in total. The Hall–Kier alpha value is 4.88. The third-order valence-electron chi connectivity index (χ3n) is 0. The van der Waals surface area contributed by atoms with Gasteiger partial charge in [-0.25, -0.2) is 0 Å². The van der Waals surface area contributed by atoms with E-state index in [9.17, 15) is 0 Å². The molecular weight excluding hydrogens is 492 g/mol. The predicted molar refractivity (Wildman–Crippen MR) is 26.3 cm³/mol. The molecule has 0 fully saturated rings. The van der Waals surface area contributed by atoms with Crippen molar-refractivity contribution in [2.24, 2.45) is 0 Å². The van der Waals surface area contributed by atoms with E-state index in [1.54, 1.807) is 0 Å². The molecule has 0 rings (SSSR count). The summed E-state index contributed by atoms with van der Waals surface area (Å²) in [5.41, 5.74) is 0. The Morgan fingerprint density at radius 2 is 1.17 bits per heavy atom. The van der Waals surface area contributed by atoms with Crippen LogP contribution in [0.3, 0.4) is 0 Å². The van der Waals surface area contributed by atoms with Gasteiger partial charge < -0.3 is 0 Å². The Bertz CT molecular complexity index is 15.5. The Morgan fingerprint density at radius 1 is 1.17 bits per heavy atom. The summed E-state index contributed by atoms with van der Waals surface area (Å²) < 4.78 is 8.36. The number of hydrogen-bond acceptors (Lipinski definition) is 1. The summed E-state index contributed by atoms with van der Waals surface area (Å²) in [6, 6.07) is 0. The molecule has 6 heavy (non-hydrogen) atoms. The summed E-state index contributed by atoms with van der Waals surface area (Å²) in [7, 11) is 0. The van der Waals surface area contributed by atoms with Crippen LogP contribution < -0.4 is 0 Å². The van der Waals surface area contributed by atoms with Gasteiger partial charge in [0.25, 0.3) is 0 Å². The van der Waals surface area contributed by atoms with Gasteiger partial charge in [-0.2, -0.15) is 0 Å². The van der Waals surface area contributed by atoms with Gasteiger partial charge in [0.1, 0.15) is 0 Å². The van der Waals surface area contributed by atoms with E-state index < -0.39 is 0 Å². The number of hydrogen-bond donors (Lipinski definition) is 0. The van der Waals surface area contributed by atoms with Crippen LogP contribution in [0, 0.1) is 0 Å². The van der Waals surface area contributed by atoms with Crippen molar-refractivity contribution in [2.45, 2.75) is 0 Å². The first kappa shape index (κ1) is 30.7. The molecule has 0 saturated carbocycles. The van der Waals surface area contributed by atoms with Gasteiger partial charge >= 0.3 is 134 Å². The summed E-state index contributed by atoms with van der Waals surface area (Å²) in [6.07, 6.45) is 0. The maximum absolute atomic E-state index is 8.36. The molecule has 28 valence electrons. The second-order valence-corrected chi connectivity index (χ2v) is 0. The van der Waals surface area contributed by atoms with Gasteiger partial charge in [0.05, 0.1) is 0 Å².